The van der Waals surface area contributed by atoms with Crippen LogP contribution in [-0.4, -0.2) is 31.9 Å². The van der Waals surface area contributed by atoms with Crippen molar-refractivity contribution in [2.24, 2.45) is 5.73 Å². The zero-order valence-corrected chi connectivity index (χ0v) is 16.3. The van der Waals surface area contributed by atoms with Gasteiger partial charge < -0.3 is 11.1 Å². The monoisotopic (exact) mass is 452 g/mol. The molecule has 1 amide bonds. The van der Waals surface area contributed by atoms with Crippen LogP contribution in [-0.2, 0) is 11.0 Å². The van der Waals surface area contributed by atoms with E-state index >= 15 is 0 Å². The summed E-state index contributed by atoms with van der Waals surface area (Å²) in [6.45, 7) is 0. The summed E-state index contributed by atoms with van der Waals surface area (Å²) < 4.78 is 48.0. The Morgan fingerprint density at radius 1 is 1.15 bits per heavy atom. The molecule has 2 aromatic heterocycles. The van der Waals surface area contributed by atoms with Crippen LogP contribution >= 0.6 is 0 Å². The number of amides is 1. The Hall–Kier alpha value is -4.70. The molecular formula is C21H11F3N6O3. The third kappa shape index (κ3) is 3.17. The number of nitrogens with zero attached hydrogens (tertiary/aromatic N) is 4. The van der Waals surface area contributed by atoms with Crippen LogP contribution in [0.25, 0.3) is 39.8 Å². The van der Waals surface area contributed by atoms with E-state index in [1.165, 1.54) is 42.6 Å². The molecule has 5 rings (SSSR count). The zero-order valence-electron chi connectivity index (χ0n) is 16.3. The van der Waals surface area contributed by atoms with Gasteiger partial charge in [-0.05, 0) is 34.6 Å². The first-order valence-corrected chi connectivity index (χ1v) is 9.34. The molecule has 33 heavy (non-hydrogen) atoms. The van der Waals surface area contributed by atoms with E-state index in [1.54, 1.807) is 12.0 Å². The zero-order chi connectivity index (χ0) is 23.3. The Bertz CT molecular complexity index is 1530. The second kappa shape index (κ2) is 7.18. The van der Waals surface area contributed by atoms with Crippen LogP contribution in [0.5, 0.6) is 0 Å². The SMILES string of the molecule is NC(=O)c1c(-c2ccc3nonc3c2)nn(-c2cccc3c2C=CNC3=C=O)c1C(F)(F)F. The number of benzene rings is 2. The highest BCUT2D eigenvalue weighted by Gasteiger charge is 2.43. The standard InChI is InChI=1S/C21H11F3N6O3/c22-21(23,24)19-17(20(25)32)18(10-4-5-13-14(8-10)29-33-28-13)27-30(19)16-3-1-2-11-12(16)6-7-26-15(11)9-31/h1-8,26H,(H2,25,32). The Labute approximate surface area is 181 Å². The van der Waals surface area contributed by atoms with Crippen molar-refractivity contribution in [2.75, 3.05) is 0 Å². The molecule has 9 nitrogen and oxygen atoms in total. The fourth-order valence-electron chi connectivity index (χ4n) is 3.72. The van der Waals surface area contributed by atoms with Gasteiger partial charge in [-0.2, -0.15) is 18.3 Å². The molecule has 0 radical (unpaired) electrons. The molecule has 0 atom stereocenters. The highest BCUT2D eigenvalue weighted by molar-refractivity contribution is 6.01. The molecule has 0 saturated carbocycles. The Balaban J connectivity index is 1.85. The van der Waals surface area contributed by atoms with Crippen molar-refractivity contribution in [1.82, 2.24) is 25.4 Å². The Morgan fingerprint density at radius 3 is 2.67 bits per heavy atom. The summed E-state index contributed by atoms with van der Waals surface area (Å²) in [7, 11) is 0. The number of alkyl halides is 3. The van der Waals surface area contributed by atoms with Crippen LogP contribution in [0.3, 0.4) is 0 Å². The lowest BCUT2D eigenvalue weighted by Crippen LogP contribution is -2.22. The van der Waals surface area contributed by atoms with Crippen LogP contribution in [0.4, 0.5) is 13.2 Å². The molecule has 12 heteroatoms. The van der Waals surface area contributed by atoms with Gasteiger partial charge >= 0.3 is 6.18 Å². The third-order valence-corrected chi connectivity index (χ3v) is 5.09. The predicted molar refractivity (Wildman–Crippen MR) is 109 cm³/mol. The molecule has 3 heterocycles. The van der Waals surface area contributed by atoms with E-state index in [1.807, 2.05) is 0 Å². The van der Waals surface area contributed by atoms with Crippen molar-refractivity contribution in [3.8, 4) is 16.9 Å². The highest BCUT2D eigenvalue weighted by Crippen LogP contribution is 2.40. The Kier molecular flexibility index (Phi) is 4.40. The average Bonchev–Trinajstić information content (AvgIpc) is 3.42. The minimum absolute atomic E-state index is 0.0109. The molecule has 0 spiro atoms. The number of fused-ring (bicyclic) bond motifs is 2. The number of hydrogen-bond acceptors (Lipinski definition) is 7. The molecule has 0 aliphatic carbocycles. The number of hydrogen-bond donors (Lipinski definition) is 2. The van der Waals surface area contributed by atoms with Crippen LogP contribution in [0.2, 0.25) is 0 Å². The van der Waals surface area contributed by atoms with E-state index in [9.17, 15) is 22.8 Å². The third-order valence-electron chi connectivity index (χ3n) is 5.09. The average molecular weight is 452 g/mol. The first-order chi connectivity index (χ1) is 15.8. The van der Waals surface area contributed by atoms with E-state index < -0.39 is 23.3 Å². The summed E-state index contributed by atoms with van der Waals surface area (Å²) in [5.74, 6) is 0.407. The van der Waals surface area contributed by atoms with Crippen LogP contribution in [0, 0.1) is 0 Å². The number of halogens is 3. The minimum Gasteiger partial charge on any atom is -0.365 e. The van der Waals surface area contributed by atoms with Crippen LogP contribution in [0.1, 0.15) is 27.2 Å². The highest BCUT2D eigenvalue weighted by atomic mass is 19.4. The summed E-state index contributed by atoms with van der Waals surface area (Å²) >= 11 is 0. The smallest absolute Gasteiger partial charge is 0.365 e. The molecule has 0 fully saturated rings. The maximum absolute atomic E-state index is 14.3. The lowest BCUT2D eigenvalue weighted by Gasteiger charge is -2.18. The topological polar surface area (TPSA) is 129 Å². The van der Waals surface area contributed by atoms with E-state index in [0.717, 1.165) is 0 Å². The molecular weight excluding hydrogens is 441 g/mol. The van der Waals surface area contributed by atoms with Gasteiger partial charge in [0.05, 0.1) is 11.3 Å². The second-order valence-corrected chi connectivity index (χ2v) is 7.01. The number of aromatic nitrogens is 4. The minimum atomic E-state index is -4.99. The first-order valence-electron chi connectivity index (χ1n) is 9.34. The van der Waals surface area contributed by atoms with Gasteiger partial charge in [-0.1, -0.05) is 18.2 Å². The molecule has 0 saturated heterocycles. The van der Waals surface area contributed by atoms with Gasteiger partial charge in [0.2, 0.25) is 0 Å². The number of carbonyl (C=O) groups is 1. The summed E-state index contributed by atoms with van der Waals surface area (Å²) in [5.41, 5.74) is 4.39. The molecule has 164 valence electrons. The van der Waals surface area contributed by atoms with Crippen molar-refractivity contribution >= 4 is 34.7 Å². The summed E-state index contributed by atoms with van der Waals surface area (Å²) in [6, 6.07) is 8.70. The maximum atomic E-state index is 14.3. The summed E-state index contributed by atoms with van der Waals surface area (Å²) in [6.07, 6.45) is -2.11. The number of nitrogens with one attached hydrogen (secondary N) is 1. The van der Waals surface area contributed by atoms with E-state index in [0.29, 0.717) is 15.8 Å². The van der Waals surface area contributed by atoms with Gasteiger partial charge in [0.25, 0.3) is 5.91 Å². The molecule has 0 bridgehead atoms. The fourth-order valence-corrected chi connectivity index (χ4v) is 3.72. The van der Waals surface area contributed by atoms with Crippen molar-refractivity contribution < 1.29 is 27.4 Å². The molecule has 1 aliphatic rings. The van der Waals surface area contributed by atoms with E-state index in [-0.39, 0.29) is 33.7 Å². The molecule has 3 N–H and O–H groups in total. The lowest BCUT2D eigenvalue weighted by molar-refractivity contribution is -0.143. The molecule has 4 aromatic rings. The molecule has 1 aliphatic heterocycles. The van der Waals surface area contributed by atoms with Gasteiger partial charge in [-0.3, -0.25) is 4.79 Å². The van der Waals surface area contributed by atoms with E-state index in [4.69, 9.17) is 5.73 Å². The van der Waals surface area contributed by atoms with E-state index in [2.05, 4.69) is 25.4 Å². The lowest BCUT2D eigenvalue weighted by atomic mass is 10.00. The predicted octanol–water partition coefficient (Wildman–Crippen LogP) is 2.94. The van der Waals surface area contributed by atoms with Crippen molar-refractivity contribution in [1.29, 1.82) is 0 Å². The van der Waals surface area contributed by atoms with Gasteiger partial charge in [-0.15, -0.1) is 0 Å². The number of carbonyl (C=O) groups excluding carboxylic acids is 2. The number of nitrogens with two attached hydrogens (primary N) is 1. The molecule has 2 aromatic carbocycles. The Morgan fingerprint density at radius 2 is 1.94 bits per heavy atom. The summed E-state index contributed by atoms with van der Waals surface area (Å²) in [4.78, 5) is 23.5. The normalized spacial score (nSPS) is 13.0. The largest absolute Gasteiger partial charge is 0.434 e. The molecule has 0 unspecified atom stereocenters. The quantitative estimate of drug-likeness (QED) is 0.457. The van der Waals surface area contributed by atoms with Gasteiger partial charge in [-0.25, -0.2) is 14.1 Å². The van der Waals surface area contributed by atoms with Gasteiger partial charge in [0, 0.05) is 22.9 Å². The van der Waals surface area contributed by atoms with Crippen molar-refractivity contribution in [2.45, 2.75) is 6.18 Å². The number of rotatable bonds is 3. The van der Waals surface area contributed by atoms with Crippen LogP contribution < -0.4 is 11.1 Å². The first kappa shape index (κ1) is 20.2. The van der Waals surface area contributed by atoms with Gasteiger partial charge in [0.15, 0.2) is 11.6 Å². The number of primary amides is 1. The van der Waals surface area contributed by atoms with Crippen molar-refractivity contribution in [3.63, 3.8) is 0 Å². The summed E-state index contributed by atoms with van der Waals surface area (Å²) in [5, 5.41) is 14.2. The van der Waals surface area contributed by atoms with Crippen LogP contribution in [0.15, 0.2) is 47.2 Å². The fraction of sp³-hybridized carbons (Fsp3) is 0.0476. The second-order valence-electron chi connectivity index (χ2n) is 7.01. The maximum Gasteiger partial charge on any atom is 0.434 e. The van der Waals surface area contributed by atoms with Crippen molar-refractivity contribution in [3.05, 3.63) is 65.0 Å². The van der Waals surface area contributed by atoms with Gasteiger partial charge in [0.1, 0.15) is 22.4 Å².